The molecule has 1 fully saturated rings. The van der Waals surface area contributed by atoms with Crippen LogP contribution in [0, 0.1) is 5.82 Å². The van der Waals surface area contributed by atoms with Gasteiger partial charge >= 0.3 is 0 Å². The summed E-state index contributed by atoms with van der Waals surface area (Å²) in [6.45, 7) is 0.680. The Hall–Kier alpha value is -3.03. The highest BCUT2D eigenvalue weighted by Crippen LogP contribution is 2.55. The third kappa shape index (κ3) is 3.56. The number of fused-ring (bicyclic) bond motifs is 2. The largest absolute Gasteiger partial charge is 0.497 e. The fourth-order valence-corrected chi connectivity index (χ4v) is 6.10. The quantitative estimate of drug-likeness (QED) is 0.520. The first kappa shape index (κ1) is 21.8. The Bertz CT molecular complexity index is 1270. The minimum Gasteiger partial charge on any atom is -0.497 e. The number of anilines is 1. The van der Waals surface area contributed by atoms with Gasteiger partial charge in [0.05, 0.1) is 19.3 Å². The van der Waals surface area contributed by atoms with E-state index in [-0.39, 0.29) is 17.4 Å². The molecule has 1 spiro atoms. The molecule has 0 aromatic heterocycles. The number of methoxy groups -OCH3 is 1. The van der Waals surface area contributed by atoms with Crippen LogP contribution in [0.1, 0.15) is 21.5 Å². The lowest BCUT2D eigenvalue weighted by Gasteiger charge is -2.33. The van der Waals surface area contributed by atoms with Crippen LogP contribution >= 0.6 is 23.4 Å². The van der Waals surface area contributed by atoms with E-state index in [1.165, 1.54) is 30.0 Å². The van der Waals surface area contributed by atoms with Crippen molar-refractivity contribution in [3.63, 3.8) is 0 Å². The fraction of sp³-hybridized carbons (Fsp3) is 0.200. The van der Waals surface area contributed by atoms with Crippen molar-refractivity contribution in [3.05, 3.63) is 94.3 Å². The molecule has 5 rings (SSSR count). The molecule has 33 heavy (non-hydrogen) atoms. The summed E-state index contributed by atoms with van der Waals surface area (Å²) in [7, 11) is 1.59. The molecule has 3 aromatic carbocycles. The number of ether oxygens (including phenoxy) is 1. The first-order valence-corrected chi connectivity index (χ1v) is 11.8. The first-order valence-electron chi connectivity index (χ1n) is 10.4. The number of amides is 2. The SMILES string of the molecule is COc1cccc(CN2C(=O)[C@]3(SCCN3C(=O)c3cccc(F)c3)c3cc(Cl)ccc32)c1. The van der Waals surface area contributed by atoms with Crippen LogP contribution in [0.3, 0.4) is 0 Å². The minimum atomic E-state index is -1.25. The second-order valence-corrected chi connectivity index (χ2v) is 9.59. The van der Waals surface area contributed by atoms with E-state index in [0.29, 0.717) is 40.9 Å². The summed E-state index contributed by atoms with van der Waals surface area (Å²) in [5.41, 5.74) is 2.49. The number of benzene rings is 3. The summed E-state index contributed by atoms with van der Waals surface area (Å²) < 4.78 is 19.2. The zero-order valence-corrected chi connectivity index (χ0v) is 19.3. The normalized spacial score (nSPS) is 19.3. The van der Waals surface area contributed by atoms with Crippen molar-refractivity contribution < 1.29 is 18.7 Å². The second kappa shape index (κ2) is 8.39. The molecule has 0 N–H and O–H groups in total. The van der Waals surface area contributed by atoms with Crippen molar-refractivity contribution in [3.8, 4) is 5.75 Å². The van der Waals surface area contributed by atoms with E-state index in [1.807, 2.05) is 30.3 Å². The fourth-order valence-electron chi connectivity index (χ4n) is 4.48. The molecule has 2 amide bonds. The van der Waals surface area contributed by atoms with E-state index in [1.54, 1.807) is 35.1 Å². The van der Waals surface area contributed by atoms with Crippen LogP contribution in [0.15, 0.2) is 66.7 Å². The summed E-state index contributed by atoms with van der Waals surface area (Å²) in [4.78, 5) is 29.5. The molecule has 2 aliphatic heterocycles. The maximum atomic E-state index is 14.0. The van der Waals surface area contributed by atoms with Gasteiger partial charge < -0.3 is 14.5 Å². The van der Waals surface area contributed by atoms with Crippen molar-refractivity contribution in [2.24, 2.45) is 0 Å². The monoisotopic (exact) mass is 482 g/mol. The van der Waals surface area contributed by atoms with Crippen LogP contribution in [-0.4, -0.2) is 36.1 Å². The number of rotatable bonds is 4. The standard InChI is InChI=1S/C25H20ClFN2O3S/c1-32-20-7-2-4-16(12-20)15-28-22-9-8-18(26)14-21(22)25(24(28)31)29(10-11-33-25)23(30)17-5-3-6-19(27)13-17/h2-9,12-14H,10-11,15H2,1H3/t25-/m1/s1. The van der Waals surface area contributed by atoms with Gasteiger partial charge in [-0.2, -0.15) is 0 Å². The number of carbonyl (C=O) groups is 2. The van der Waals surface area contributed by atoms with E-state index in [9.17, 15) is 14.0 Å². The van der Waals surface area contributed by atoms with Crippen molar-refractivity contribution in [2.75, 3.05) is 24.3 Å². The van der Waals surface area contributed by atoms with E-state index in [4.69, 9.17) is 16.3 Å². The summed E-state index contributed by atoms with van der Waals surface area (Å²) in [6, 6.07) is 18.4. The van der Waals surface area contributed by atoms with Gasteiger partial charge in [-0.25, -0.2) is 4.39 Å². The van der Waals surface area contributed by atoms with E-state index < -0.39 is 10.7 Å². The Morgan fingerprint density at radius 2 is 1.97 bits per heavy atom. The second-order valence-electron chi connectivity index (χ2n) is 7.86. The maximum absolute atomic E-state index is 14.0. The summed E-state index contributed by atoms with van der Waals surface area (Å²) >= 11 is 7.74. The number of halogens is 2. The average molecular weight is 483 g/mol. The summed E-state index contributed by atoms with van der Waals surface area (Å²) in [5, 5.41) is 0.481. The summed E-state index contributed by atoms with van der Waals surface area (Å²) in [6.07, 6.45) is 0. The van der Waals surface area contributed by atoms with Crippen molar-refractivity contribution in [1.29, 1.82) is 0 Å². The minimum absolute atomic E-state index is 0.208. The molecule has 0 saturated carbocycles. The molecule has 0 unspecified atom stereocenters. The average Bonchev–Trinajstić information content (AvgIpc) is 3.36. The molecule has 168 valence electrons. The Morgan fingerprint density at radius 1 is 1.15 bits per heavy atom. The lowest BCUT2D eigenvalue weighted by Crippen LogP contribution is -2.50. The van der Waals surface area contributed by atoms with Gasteiger partial charge in [-0.3, -0.25) is 9.59 Å². The van der Waals surface area contributed by atoms with Gasteiger partial charge in [0.2, 0.25) is 0 Å². The zero-order chi connectivity index (χ0) is 23.2. The van der Waals surface area contributed by atoms with Gasteiger partial charge in [-0.15, -0.1) is 11.8 Å². The molecule has 0 aliphatic carbocycles. The van der Waals surface area contributed by atoms with E-state index in [0.717, 1.165) is 5.56 Å². The number of nitrogens with zero attached hydrogens (tertiary/aromatic N) is 2. The number of hydrogen-bond donors (Lipinski definition) is 0. The molecule has 1 atom stereocenters. The number of carbonyl (C=O) groups excluding carboxylic acids is 2. The Labute approximate surface area is 200 Å². The smallest absolute Gasteiger partial charge is 0.268 e. The Kier molecular flexibility index (Phi) is 5.54. The molecule has 2 heterocycles. The molecule has 0 radical (unpaired) electrons. The maximum Gasteiger partial charge on any atom is 0.268 e. The van der Waals surface area contributed by atoms with Crippen molar-refractivity contribution in [2.45, 2.75) is 11.4 Å². The van der Waals surface area contributed by atoms with Gasteiger partial charge in [-0.05, 0) is 54.1 Å². The third-order valence-corrected chi connectivity index (χ3v) is 7.60. The van der Waals surface area contributed by atoms with Gasteiger partial charge in [-0.1, -0.05) is 29.8 Å². The lowest BCUT2D eigenvalue weighted by molar-refractivity contribution is -0.123. The molecular formula is C25H20ClFN2O3S. The highest BCUT2D eigenvalue weighted by atomic mass is 35.5. The van der Waals surface area contributed by atoms with Crippen LogP contribution in [0.4, 0.5) is 10.1 Å². The highest BCUT2D eigenvalue weighted by molar-refractivity contribution is 8.01. The summed E-state index contributed by atoms with van der Waals surface area (Å²) in [5.74, 6) is 0.175. The van der Waals surface area contributed by atoms with Crippen molar-refractivity contribution in [1.82, 2.24) is 4.90 Å². The molecule has 8 heteroatoms. The predicted molar refractivity (Wildman–Crippen MR) is 127 cm³/mol. The zero-order valence-electron chi connectivity index (χ0n) is 17.8. The topological polar surface area (TPSA) is 49.9 Å². The van der Waals surface area contributed by atoms with Gasteiger partial charge in [0.25, 0.3) is 11.8 Å². The Balaban J connectivity index is 1.59. The van der Waals surface area contributed by atoms with Crippen LogP contribution < -0.4 is 9.64 Å². The molecule has 2 aliphatic rings. The number of thioether (sulfide) groups is 1. The Morgan fingerprint density at radius 3 is 2.76 bits per heavy atom. The van der Waals surface area contributed by atoms with Crippen LogP contribution in [0.2, 0.25) is 5.02 Å². The first-order chi connectivity index (χ1) is 15.9. The van der Waals surface area contributed by atoms with Crippen LogP contribution in [0.5, 0.6) is 5.75 Å². The number of hydrogen-bond acceptors (Lipinski definition) is 4. The van der Waals surface area contributed by atoms with Crippen molar-refractivity contribution >= 4 is 40.9 Å². The van der Waals surface area contributed by atoms with Crippen LogP contribution in [-0.2, 0) is 16.2 Å². The molecule has 1 saturated heterocycles. The lowest BCUT2D eigenvalue weighted by atomic mass is 10.0. The molecule has 5 nitrogen and oxygen atoms in total. The molecule has 0 bridgehead atoms. The third-order valence-electron chi connectivity index (χ3n) is 5.95. The molecule has 3 aromatic rings. The van der Waals surface area contributed by atoms with Crippen LogP contribution in [0.25, 0.3) is 0 Å². The molecular weight excluding hydrogens is 463 g/mol. The predicted octanol–water partition coefficient (Wildman–Crippen LogP) is 5.08. The highest BCUT2D eigenvalue weighted by Gasteiger charge is 2.59. The van der Waals surface area contributed by atoms with E-state index in [2.05, 4.69) is 0 Å². The van der Waals surface area contributed by atoms with Gasteiger partial charge in [0.15, 0.2) is 4.87 Å². The van der Waals surface area contributed by atoms with Gasteiger partial charge in [0.1, 0.15) is 11.6 Å². The van der Waals surface area contributed by atoms with Gasteiger partial charge in [0, 0.05) is 28.4 Å². The van der Waals surface area contributed by atoms with E-state index >= 15 is 0 Å².